The average molecular weight is 367 g/mol. The SMILES string of the molecule is O=C(CN1CCC(c2nnc(-c3ccoc3)o2)CC1)OCc1ccccc1. The molecule has 1 aliphatic rings. The zero-order valence-electron chi connectivity index (χ0n) is 14.9. The molecule has 27 heavy (non-hydrogen) atoms. The number of carbonyl (C=O) groups is 1. The van der Waals surface area contributed by atoms with Crippen LogP contribution in [-0.4, -0.2) is 40.7 Å². The number of benzene rings is 1. The number of hydrogen-bond donors (Lipinski definition) is 0. The van der Waals surface area contributed by atoms with Gasteiger partial charge in [-0.05, 0) is 37.6 Å². The van der Waals surface area contributed by atoms with Crippen LogP contribution in [0.2, 0.25) is 0 Å². The Morgan fingerprint density at radius 3 is 2.70 bits per heavy atom. The molecule has 0 unspecified atom stereocenters. The fourth-order valence-electron chi connectivity index (χ4n) is 3.21. The molecule has 1 aromatic carbocycles. The topological polar surface area (TPSA) is 81.6 Å². The van der Waals surface area contributed by atoms with Gasteiger partial charge in [0.25, 0.3) is 5.89 Å². The maximum atomic E-state index is 12.1. The average Bonchev–Trinajstić information content (AvgIpc) is 3.39. The summed E-state index contributed by atoms with van der Waals surface area (Å²) < 4.78 is 16.2. The van der Waals surface area contributed by atoms with E-state index in [0.717, 1.165) is 37.1 Å². The zero-order valence-corrected chi connectivity index (χ0v) is 14.9. The van der Waals surface area contributed by atoms with Gasteiger partial charge < -0.3 is 13.6 Å². The third-order valence-electron chi connectivity index (χ3n) is 4.74. The maximum absolute atomic E-state index is 12.1. The van der Waals surface area contributed by atoms with Crippen LogP contribution < -0.4 is 0 Å². The van der Waals surface area contributed by atoms with Gasteiger partial charge in [0, 0.05) is 5.92 Å². The number of aromatic nitrogens is 2. The van der Waals surface area contributed by atoms with E-state index in [1.807, 2.05) is 30.3 Å². The van der Waals surface area contributed by atoms with Gasteiger partial charge in [-0.3, -0.25) is 9.69 Å². The van der Waals surface area contributed by atoms with E-state index in [9.17, 15) is 4.79 Å². The summed E-state index contributed by atoms with van der Waals surface area (Å²) in [7, 11) is 0. The first kappa shape index (κ1) is 17.5. The molecule has 7 nitrogen and oxygen atoms in total. The fourth-order valence-corrected chi connectivity index (χ4v) is 3.21. The molecular formula is C20H21N3O4. The lowest BCUT2D eigenvalue weighted by Crippen LogP contribution is -2.37. The van der Waals surface area contributed by atoms with Crippen molar-refractivity contribution in [2.75, 3.05) is 19.6 Å². The molecule has 140 valence electrons. The lowest BCUT2D eigenvalue weighted by Gasteiger charge is -2.29. The Balaban J connectivity index is 1.23. The Kier molecular flexibility index (Phi) is 5.29. The highest BCUT2D eigenvalue weighted by molar-refractivity contribution is 5.71. The number of piperidine rings is 1. The summed E-state index contributed by atoms with van der Waals surface area (Å²) in [6.45, 7) is 2.22. The summed E-state index contributed by atoms with van der Waals surface area (Å²) in [6, 6.07) is 11.5. The molecule has 0 saturated carbocycles. The van der Waals surface area contributed by atoms with Crippen molar-refractivity contribution in [3.8, 4) is 11.5 Å². The van der Waals surface area contributed by atoms with E-state index in [2.05, 4.69) is 15.1 Å². The number of nitrogens with zero attached hydrogens (tertiary/aromatic N) is 3. The summed E-state index contributed by atoms with van der Waals surface area (Å²) >= 11 is 0. The predicted octanol–water partition coefficient (Wildman–Crippen LogP) is 3.25. The minimum Gasteiger partial charge on any atom is -0.472 e. The number of likely N-dealkylation sites (tertiary alicyclic amines) is 1. The van der Waals surface area contributed by atoms with Crippen LogP contribution in [0.1, 0.15) is 30.2 Å². The molecule has 7 heteroatoms. The smallest absolute Gasteiger partial charge is 0.320 e. The van der Waals surface area contributed by atoms with Crippen LogP contribution in [0, 0.1) is 0 Å². The second-order valence-corrected chi connectivity index (χ2v) is 6.65. The molecule has 3 heterocycles. The van der Waals surface area contributed by atoms with Crippen molar-refractivity contribution in [3.05, 3.63) is 60.4 Å². The van der Waals surface area contributed by atoms with Crippen LogP contribution >= 0.6 is 0 Å². The van der Waals surface area contributed by atoms with E-state index in [1.54, 1.807) is 18.6 Å². The van der Waals surface area contributed by atoms with Gasteiger partial charge in [-0.2, -0.15) is 0 Å². The minimum atomic E-state index is -0.197. The van der Waals surface area contributed by atoms with Crippen molar-refractivity contribution in [1.29, 1.82) is 0 Å². The van der Waals surface area contributed by atoms with Gasteiger partial charge in [0.15, 0.2) is 0 Å². The van der Waals surface area contributed by atoms with Gasteiger partial charge in [-0.25, -0.2) is 0 Å². The highest BCUT2D eigenvalue weighted by Gasteiger charge is 2.26. The van der Waals surface area contributed by atoms with Crippen LogP contribution in [0.4, 0.5) is 0 Å². The lowest BCUT2D eigenvalue weighted by atomic mass is 9.97. The van der Waals surface area contributed by atoms with Crippen LogP contribution in [-0.2, 0) is 16.1 Å². The Bertz CT molecular complexity index is 853. The second kappa shape index (κ2) is 8.18. The summed E-state index contributed by atoms with van der Waals surface area (Å²) in [5.74, 6) is 1.15. The molecule has 0 aliphatic carbocycles. The predicted molar refractivity (Wildman–Crippen MR) is 96.7 cm³/mol. The van der Waals surface area contributed by atoms with Gasteiger partial charge in [-0.1, -0.05) is 30.3 Å². The molecule has 0 N–H and O–H groups in total. The number of rotatable bonds is 6. The summed E-state index contributed by atoms with van der Waals surface area (Å²) in [5, 5.41) is 8.27. The molecule has 0 radical (unpaired) electrons. The first-order chi connectivity index (χ1) is 13.3. The lowest BCUT2D eigenvalue weighted by molar-refractivity contribution is -0.146. The highest BCUT2D eigenvalue weighted by Crippen LogP contribution is 2.29. The van der Waals surface area contributed by atoms with Crippen LogP contribution in [0.3, 0.4) is 0 Å². The molecule has 2 aromatic heterocycles. The van der Waals surface area contributed by atoms with Crippen molar-refractivity contribution in [1.82, 2.24) is 15.1 Å². The minimum absolute atomic E-state index is 0.197. The number of carbonyl (C=O) groups excluding carboxylic acids is 1. The van der Waals surface area contributed by atoms with E-state index >= 15 is 0 Å². The maximum Gasteiger partial charge on any atom is 0.320 e. The number of ether oxygens (including phenoxy) is 1. The van der Waals surface area contributed by atoms with Gasteiger partial charge in [0.2, 0.25) is 5.89 Å². The summed E-state index contributed by atoms with van der Waals surface area (Å²) in [4.78, 5) is 14.2. The number of esters is 1. The number of furan rings is 1. The first-order valence-corrected chi connectivity index (χ1v) is 9.06. The first-order valence-electron chi connectivity index (χ1n) is 9.06. The van der Waals surface area contributed by atoms with Crippen LogP contribution in [0.15, 0.2) is 57.8 Å². The Labute approximate surface area is 156 Å². The Morgan fingerprint density at radius 1 is 1.15 bits per heavy atom. The molecule has 4 rings (SSSR count). The molecule has 0 atom stereocenters. The van der Waals surface area contributed by atoms with E-state index in [0.29, 0.717) is 24.9 Å². The summed E-state index contributed by atoms with van der Waals surface area (Å²) in [5.41, 5.74) is 1.78. The Morgan fingerprint density at radius 2 is 1.96 bits per heavy atom. The summed E-state index contributed by atoms with van der Waals surface area (Å²) in [6.07, 6.45) is 4.91. The molecule has 0 spiro atoms. The van der Waals surface area contributed by atoms with Crippen LogP contribution in [0.25, 0.3) is 11.5 Å². The van der Waals surface area contributed by atoms with Gasteiger partial charge in [0.05, 0.1) is 18.4 Å². The van der Waals surface area contributed by atoms with Crippen molar-refractivity contribution in [2.24, 2.45) is 0 Å². The van der Waals surface area contributed by atoms with Crippen molar-refractivity contribution in [3.63, 3.8) is 0 Å². The van der Waals surface area contributed by atoms with E-state index in [1.165, 1.54) is 0 Å². The molecule has 0 amide bonds. The standard InChI is InChI=1S/C20H21N3O4/c24-18(26-13-15-4-2-1-3-5-15)12-23-9-6-16(7-10-23)19-21-22-20(27-19)17-8-11-25-14-17/h1-5,8,11,14,16H,6-7,9-10,12-13H2. The van der Waals surface area contributed by atoms with Gasteiger partial charge in [-0.15, -0.1) is 10.2 Å². The monoisotopic (exact) mass is 367 g/mol. The molecule has 1 aliphatic heterocycles. The quantitative estimate of drug-likeness (QED) is 0.619. The largest absolute Gasteiger partial charge is 0.472 e. The van der Waals surface area contributed by atoms with E-state index in [-0.39, 0.29) is 11.9 Å². The normalized spacial score (nSPS) is 15.7. The molecule has 0 bridgehead atoms. The van der Waals surface area contributed by atoms with E-state index in [4.69, 9.17) is 13.6 Å². The van der Waals surface area contributed by atoms with Crippen molar-refractivity contribution in [2.45, 2.75) is 25.4 Å². The molecule has 3 aromatic rings. The van der Waals surface area contributed by atoms with Crippen LogP contribution in [0.5, 0.6) is 0 Å². The number of hydrogen-bond acceptors (Lipinski definition) is 7. The van der Waals surface area contributed by atoms with Crippen molar-refractivity contribution < 1.29 is 18.4 Å². The molecule has 1 fully saturated rings. The van der Waals surface area contributed by atoms with E-state index < -0.39 is 0 Å². The third kappa shape index (κ3) is 4.43. The van der Waals surface area contributed by atoms with Gasteiger partial charge >= 0.3 is 5.97 Å². The molecular weight excluding hydrogens is 346 g/mol. The molecule has 1 saturated heterocycles. The fraction of sp³-hybridized carbons (Fsp3) is 0.350. The highest BCUT2D eigenvalue weighted by atomic mass is 16.5. The Hall–Kier alpha value is -2.93. The van der Waals surface area contributed by atoms with Gasteiger partial charge in [0.1, 0.15) is 12.9 Å². The zero-order chi connectivity index (χ0) is 18.5. The van der Waals surface area contributed by atoms with Crippen molar-refractivity contribution >= 4 is 5.97 Å². The second-order valence-electron chi connectivity index (χ2n) is 6.65. The third-order valence-corrected chi connectivity index (χ3v) is 4.74.